The maximum atomic E-state index is 12.2. The summed E-state index contributed by atoms with van der Waals surface area (Å²) in [6.07, 6.45) is 0. The van der Waals surface area contributed by atoms with Gasteiger partial charge in [-0.25, -0.2) is 4.98 Å². The van der Waals surface area contributed by atoms with Gasteiger partial charge in [0.1, 0.15) is 15.5 Å². The highest BCUT2D eigenvalue weighted by molar-refractivity contribution is 7.87. The summed E-state index contributed by atoms with van der Waals surface area (Å²) in [5.41, 5.74) is 6.63. The van der Waals surface area contributed by atoms with E-state index in [4.69, 9.17) is 5.73 Å². The van der Waals surface area contributed by atoms with Gasteiger partial charge in [-0.05, 0) is 41.1 Å². The van der Waals surface area contributed by atoms with Gasteiger partial charge in [0.25, 0.3) is 30.4 Å². The Morgan fingerprint density at radius 3 is 1.98 bits per heavy atom. The van der Waals surface area contributed by atoms with Gasteiger partial charge >= 0.3 is 0 Å². The van der Waals surface area contributed by atoms with Crippen molar-refractivity contribution in [3.05, 3.63) is 66.7 Å². The molecule has 0 atom stereocenters. The Balaban J connectivity index is 1.71. The van der Waals surface area contributed by atoms with Crippen molar-refractivity contribution in [2.75, 3.05) is 5.73 Å². The van der Waals surface area contributed by atoms with Gasteiger partial charge in [0.15, 0.2) is 10.1 Å². The van der Waals surface area contributed by atoms with Crippen LogP contribution in [-0.4, -0.2) is 43.9 Å². The lowest BCUT2D eigenvalue weighted by atomic mass is 10.1. The molecule has 17 heteroatoms. The normalized spacial score (nSPS) is 13.0. The SMILES string of the molecule is Nc1nc(-c2ccc3ccccc3c2)c(N=Nc2cc(S(=O)(=O)O)c3cc(S(=O)(=O)O)cc(S(=O)(=O)O)c3c2)s1. The third-order valence-corrected chi connectivity index (χ3v) is 9.10. The first kappa shape index (κ1) is 27.7. The zero-order valence-corrected chi connectivity index (χ0v) is 23.0. The van der Waals surface area contributed by atoms with E-state index in [9.17, 15) is 38.9 Å². The average Bonchev–Trinajstić information content (AvgIpc) is 3.24. The van der Waals surface area contributed by atoms with Gasteiger partial charge in [-0.1, -0.05) is 47.7 Å². The quantitative estimate of drug-likeness (QED) is 0.148. The third kappa shape index (κ3) is 5.43. The summed E-state index contributed by atoms with van der Waals surface area (Å²) in [6.45, 7) is 0. The van der Waals surface area contributed by atoms with Crippen molar-refractivity contribution in [1.82, 2.24) is 4.98 Å². The van der Waals surface area contributed by atoms with Crippen LogP contribution in [0.2, 0.25) is 0 Å². The molecule has 5 aromatic rings. The van der Waals surface area contributed by atoms with Crippen LogP contribution >= 0.6 is 11.3 Å². The molecular weight excluding hydrogens is 605 g/mol. The number of fused-ring (bicyclic) bond motifs is 2. The van der Waals surface area contributed by atoms with E-state index in [-0.39, 0.29) is 15.8 Å². The summed E-state index contributed by atoms with van der Waals surface area (Å²) in [5.74, 6) is 0. The topological polar surface area (TPSA) is 227 Å². The fourth-order valence-electron chi connectivity index (χ4n) is 4.01. The smallest absolute Gasteiger partial charge is 0.295 e. The van der Waals surface area contributed by atoms with E-state index in [1.54, 1.807) is 6.07 Å². The number of azo groups is 1. The number of rotatable bonds is 6. The minimum atomic E-state index is -5.16. The molecule has 0 fully saturated rings. The number of nitrogens with two attached hydrogens (primary N) is 1. The van der Waals surface area contributed by atoms with Crippen LogP contribution in [0.4, 0.5) is 15.8 Å². The van der Waals surface area contributed by atoms with Gasteiger partial charge < -0.3 is 5.73 Å². The van der Waals surface area contributed by atoms with Crippen LogP contribution in [0.15, 0.2) is 91.6 Å². The van der Waals surface area contributed by atoms with Crippen molar-refractivity contribution >= 4 is 79.1 Å². The second kappa shape index (κ2) is 9.66. The Bertz CT molecular complexity index is 2210. The average molecular weight is 621 g/mol. The van der Waals surface area contributed by atoms with Crippen LogP contribution in [0.5, 0.6) is 0 Å². The first-order valence-corrected chi connectivity index (χ1v) is 16.0. The van der Waals surface area contributed by atoms with Crippen molar-refractivity contribution in [3.8, 4) is 11.3 Å². The first-order chi connectivity index (χ1) is 18.6. The standard InChI is InChI=1S/C23H16N4O9S4/c24-23-25-21(14-6-5-12-3-1-2-4-13(12)7-14)22(37-23)27-26-15-8-17-18(19(9-15)39(31,32)33)10-16(38(28,29)30)11-20(17)40(34,35)36/h1-11H,(H2,24,25)(H,28,29,30)(H,31,32,33)(H,34,35,36). The summed E-state index contributed by atoms with van der Waals surface area (Å²) in [7, 11) is -15.3. The van der Waals surface area contributed by atoms with Gasteiger partial charge in [-0.2, -0.15) is 25.3 Å². The van der Waals surface area contributed by atoms with E-state index in [0.717, 1.165) is 34.2 Å². The van der Waals surface area contributed by atoms with Crippen molar-refractivity contribution in [1.29, 1.82) is 0 Å². The highest BCUT2D eigenvalue weighted by Crippen LogP contribution is 2.40. The predicted molar refractivity (Wildman–Crippen MR) is 147 cm³/mol. The van der Waals surface area contributed by atoms with Gasteiger partial charge in [-0.3, -0.25) is 13.7 Å². The Morgan fingerprint density at radius 2 is 1.32 bits per heavy atom. The number of hydrogen-bond acceptors (Lipinski definition) is 11. The molecule has 0 unspecified atom stereocenters. The summed E-state index contributed by atoms with van der Waals surface area (Å²) in [6, 6.07) is 16.0. The maximum Gasteiger partial charge on any atom is 0.295 e. The summed E-state index contributed by atoms with van der Waals surface area (Å²) < 4.78 is 101. The fraction of sp³-hybridized carbons (Fsp3) is 0. The molecule has 206 valence electrons. The molecule has 4 aromatic carbocycles. The predicted octanol–water partition coefficient (Wildman–Crippen LogP) is 4.85. The minimum Gasteiger partial charge on any atom is -0.375 e. The highest BCUT2D eigenvalue weighted by atomic mass is 32.2. The summed E-state index contributed by atoms with van der Waals surface area (Å²) in [4.78, 5) is 1.26. The zero-order valence-electron chi connectivity index (χ0n) is 19.7. The van der Waals surface area contributed by atoms with Gasteiger partial charge in [-0.15, -0.1) is 10.2 Å². The first-order valence-electron chi connectivity index (χ1n) is 10.8. The zero-order chi connectivity index (χ0) is 29.0. The number of nitrogens with zero attached hydrogens (tertiary/aromatic N) is 3. The maximum absolute atomic E-state index is 12.2. The molecule has 0 amide bonds. The van der Waals surface area contributed by atoms with E-state index in [0.29, 0.717) is 23.4 Å². The largest absolute Gasteiger partial charge is 0.375 e. The summed E-state index contributed by atoms with van der Waals surface area (Å²) >= 11 is 0.968. The lowest BCUT2D eigenvalue weighted by Crippen LogP contribution is -2.07. The monoisotopic (exact) mass is 620 g/mol. The third-order valence-electron chi connectivity index (χ3n) is 5.71. The minimum absolute atomic E-state index is 0.153. The van der Waals surface area contributed by atoms with Crippen LogP contribution in [0.3, 0.4) is 0 Å². The second-order valence-corrected chi connectivity index (χ2v) is 13.6. The van der Waals surface area contributed by atoms with E-state index in [1.807, 2.05) is 36.4 Å². The Morgan fingerprint density at radius 1 is 0.700 bits per heavy atom. The van der Waals surface area contributed by atoms with E-state index in [1.165, 1.54) is 0 Å². The number of nitrogen functional groups attached to an aromatic ring is 1. The molecule has 0 radical (unpaired) electrons. The second-order valence-electron chi connectivity index (χ2n) is 8.35. The molecular formula is C23H16N4O9S4. The van der Waals surface area contributed by atoms with Crippen LogP contribution in [0.25, 0.3) is 32.8 Å². The number of thiazole rings is 1. The van der Waals surface area contributed by atoms with Crippen LogP contribution in [0.1, 0.15) is 0 Å². The Hall–Kier alpha value is -3.84. The molecule has 0 saturated heterocycles. The molecule has 1 heterocycles. The van der Waals surface area contributed by atoms with Gasteiger partial charge in [0.2, 0.25) is 0 Å². The molecule has 5 rings (SSSR count). The molecule has 5 N–H and O–H groups in total. The summed E-state index contributed by atoms with van der Waals surface area (Å²) in [5, 5.41) is 9.23. The molecule has 0 aliphatic heterocycles. The molecule has 0 saturated carbocycles. The lowest BCUT2D eigenvalue weighted by Gasteiger charge is -2.11. The van der Waals surface area contributed by atoms with Crippen molar-refractivity contribution < 1.29 is 38.9 Å². The lowest BCUT2D eigenvalue weighted by molar-refractivity contribution is 0.478. The molecule has 0 spiro atoms. The molecule has 0 aliphatic carbocycles. The molecule has 13 nitrogen and oxygen atoms in total. The highest BCUT2D eigenvalue weighted by Gasteiger charge is 2.25. The van der Waals surface area contributed by atoms with E-state index in [2.05, 4.69) is 15.2 Å². The molecule has 1 aromatic heterocycles. The number of anilines is 1. The van der Waals surface area contributed by atoms with Crippen molar-refractivity contribution in [3.63, 3.8) is 0 Å². The fourth-order valence-corrected chi connectivity index (χ4v) is 6.74. The van der Waals surface area contributed by atoms with E-state index >= 15 is 0 Å². The van der Waals surface area contributed by atoms with Crippen LogP contribution in [-0.2, 0) is 30.4 Å². The number of aromatic nitrogens is 1. The van der Waals surface area contributed by atoms with Crippen LogP contribution in [0, 0.1) is 0 Å². The molecule has 0 bridgehead atoms. The van der Waals surface area contributed by atoms with Crippen molar-refractivity contribution in [2.45, 2.75) is 14.7 Å². The van der Waals surface area contributed by atoms with Crippen LogP contribution < -0.4 is 5.73 Å². The molecule has 0 aliphatic rings. The van der Waals surface area contributed by atoms with Gasteiger partial charge in [0, 0.05) is 16.3 Å². The van der Waals surface area contributed by atoms with Gasteiger partial charge in [0.05, 0.1) is 10.6 Å². The Labute approximate surface area is 230 Å². The number of benzene rings is 4. The number of hydrogen-bond donors (Lipinski definition) is 4. The molecule has 40 heavy (non-hydrogen) atoms. The van der Waals surface area contributed by atoms with Crippen molar-refractivity contribution in [2.24, 2.45) is 10.2 Å². The Kier molecular flexibility index (Phi) is 6.70. The van der Waals surface area contributed by atoms with E-state index < -0.39 is 55.8 Å².